The van der Waals surface area contributed by atoms with E-state index in [-0.39, 0.29) is 17.7 Å². The molecule has 0 atom stereocenters. The summed E-state index contributed by atoms with van der Waals surface area (Å²) in [5, 5.41) is 0. The maximum Gasteiger partial charge on any atom is 0.225 e. The Balaban J connectivity index is 1.05. The summed E-state index contributed by atoms with van der Waals surface area (Å²) >= 11 is 0. The van der Waals surface area contributed by atoms with E-state index in [9.17, 15) is 9.59 Å². The zero-order valence-electron chi connectivity index (χ0n) is 19.5. The molecule has 2 aliphatic rings. The SMILES string of the molecule is O=C(CCOc1ccccc1)N1CCC(C(=O)N2CCC(c3nc4ccccc4[nH]3)CC2)CC1. The summed E-state index contributed by atoms with van der Waals surface area (Å²) < 4.78 is 5.65. The number of carbonyl (C=O) groups is 2. The molecule has 1 N–H and O–H groups in total. The Morgan fingerprint density at radius 3 is 2.29 bits per heavy atom. The molecule has 2 saturated heterocycles. The molecule has 5 rings (SSSR count). The minimum atomic E-state index is 0.0207. The number of fused-ring (bicyclic) bond motifs is 1. The summed E-state index contributed by atoms with van der Waals surface area (Å²) in [4.78, 5) is 37.8. The summed E-state index contributed by atoms with van der Waals surface area (Å²) in [7, 11) is 0. The van der Waals surface area contributed by atoms with Gasteiger partial charge in [0.05, 0.1) is 24.1 Å². The minimum absolute atomic E-state index is 0.0207. The second-order valence-electron chi connectivity index (χ2n) is 9.31. The van der Waals surface area contributed by atoms with E-state index in [1.165, 1.54) is 0 Å². The van der Waals surface area contributed by atoms with Crippen LogP contribution in [0.5, 0.6) is 5.75 Å². The molecular formula is C27H32N4O3. The van der Waals surface area contributed by atoms with Crippen molar-refractivity contribution in [3.05, 3.63) is 60.4 Å². The van der Waals surface area contributed by atoms with Gasteiger partial charge in [-0.3, -0.25) is 9.59 Å². The summed E-state index contributed by atoms with van der Waals surface area (Å²) in [6, 6.07) is 17.7. The Labute approximate surface area is 200 Å². The van der Waals surface area contributed by atoms with Crippen LogP contribution in [0.15, 0.2) is 54.6 Å². The normalized spacial score (nSPS) is 17.8. The number of para-hydroxylation sites is 3. The lowest BCUT2D eigenvalue weighted by Gasteiger charge is -2.37. The molecule has 0 bridgehead atoms. The number of nitrogens with zero attached hydrogens (tertiary/aromatic N) is 3. The van der Waals surface area contributed by atoms with Crippen molar-refractivity contribution in [2.75, 3.05) is 32.8 Å². The minimum Gasteiger partial charge on any atom is -0.493 e. The first-order valence-corrected chi connectivity index (χ1v) is 12.4. The summed E-state index contributed by atoms with van der Waals surface area (Å²) in [6.45, 7) is 3.22. The second-order valence-corrected chi connectivity index (χ2v) is 9.31. The molecule has 178 valence electrons. The standard InChI is InChI=1S/C27H32N4O3/c32-25(14-19-34-22-6-2-1-3-7-22)30-15-12-21(13-16-30)27(33)31-17-10-20(11-18-31)26-28-23-8-4-5-9-24(23)29-26/h1-9,20-21H,10-19H2,(H,28,29). The van der Waals surface area contributed by atoms with Crippen LogP contribution in [0.3, 0.4) is 0 Å². The molecule has 0 unspecified atom stereocenters. The number of hydrogen-bond acceptors (Lipinski definition) is 4. The molecule has 7 nitrogen and oxygen atoms in total. The first kappa shape index (κ1) is 22.4. The number of nitrogens with one attached hydrogen (secondary N) is 1. The molecule has 0 saturated carbocycles. The fourth-order valence-corrected chi connectivity index (χ4v) is 5.10. The highest BCUT2D eigenvalue weighted by atomic mass is 16.5. The molecule has 0 spiro atoms. The van der Waals surface area contributed by atoms with E-state index < -0.39 is 0 Å². The van der Waals surface area contributed by atoms with E-state index in [1.807, 2.05) is 58.3 Å². The Kier molecular flexibility index (Phi) is 6.79. The third-order valence-corrected chi connectivity index (χ3v) is 7.13. The molecule has 0 radical (unpaired) electrons. The maximum absolute atomic E-state index is 13.1. The Hall–Kier alpha value is -3.35. The first-order chi connectivity index (χ1) is 16.7. The molecule has 0 aliphatic carbocycles. The molecule has 3 aromatic rings. The average molecular weight is 461 g/mol. The fourth-order valence-electron chi connectivity index (χ4n) is 5.10. The van der Waals surface area contributed by atoms with Crippen LogP contribution in [0, 0.1) is 5.92 Å². The number of aromatic amines is 1. The molecule has 2 fully saturated rings. The van der Waals surface area contributed by atoms with Crippen molar-refractivity contribution in [3.8, 4) is 5.75 Å². The number of carbonyl (C=O) groups excluding carboxylic acids is 2. The van der Waals surface area contributed by atoms with Crippen molar-refractivity contribution >= 4 is 22.8 Å². The van der Waals surface area contributed by atoms with E-state index in [0.29, 0.717) is 32.0 Å². The van der Waals surface area contributed by atoms with Gasteiger partial charge in [0.15, 0.2) is 0 Å². The van der Waals surface area contributed by atoms with Crippen molar-refractivity contribution in [2.45, 2.75) is 38.0 Å². The number of ether oxygens (including phenoxy) is 1. The van der Waals surface area contributed by atoms with Crippen molar-refractivity contribution in [1.82, 2.24) is 19.8 Å². The van der Waals surface area contributed by atoms with Gasteiger partial charge in [-0.1, -0.05) is 30.3 Å². The molecule has 7 heteroatoms. The molecule has 34 heavy (non-hydrogen) atoms. The number of amides is 2. The van der Waals surface area contributed by atoms with Crippen LogP contribution >= 0.6 is 0 Å². The number of benzene rings is 2. The largest absolute Gasteiger partial charge is 0.493 e. The molecule has 2 aliphatic heterocycles. The van der Waals surface area contributed by atoms with Crippen LogP contribution in [0.25, 0.3) is 11.0 Å². The predicted molar refractivity (Wildman–Crippen MR) is 131 cm³/mol. The Morgan fingerprint density at radius 2 is 1.56 bits per heavy atom. The molecule has 2 amide bonds. The van der Waals surface area contributed by atoms with E-state index in [4.69, 9.17) is 9.72 Å². The lowest BCUT2D eigenvalue weighted by Crippen LogP contribution is -2.46. The van der Waals surface area contributed by atoms with Crippen LogP contribution in [0.1, 0.15) is 43.8 Å². The zero-order valence-corrected chi connectivity index (χ0v) is 19.5. The number of likely N-dealkylation sites (tertiary alicyclic amines) is 2. The van der Waals surface area contributed by atoms with Crippen LogP contribution in [0.4, 0.5) is 0 Å². The van der Waals surface area contributed by atoms with E-state index in [0.717, 1.165) is 61.4 Å². The molecule has 1 aromatic heterocycles. The van der Waals surface area contributed by atoms with Gasteiger partial charge in [0, 0.05) is 38.0 Å². The highest BCUT2D eigenvalue weighted by Gasteiger charge is 2.32. The quantitative estimate of drug-likeness (QED) is 0.604. The van der Waals surface area contributed by atoms with Gasteiger partial charge < -0.3 is 19.5 Å². The van der Waals surface area contributed by atoms with Crippen molar-refractivity contribution in [3.63, 3.8) is 0 Å². The monoisotopic (exact) mass is 460 g/mol. The molecule has 2 aromatic carbocycles. The third-order valence-electron chi connectivity index (χ3n) is 7.13. The van der Waals surface area contributed by atoms with E-state index >= 15 is 0 Å². The topological polar surface area (TPSA) is 78.5 Å². The number of hydrogen-bond donors (Lipinski definition) is 1. The molecule has 3 heterocycles. The fraction of sp³-hybridized carbons (Fsp3) is 0.444. The predicted octanol–water partition coefficient (Wildman–Crippen LogP) is 3.98. The van der Waals surface area contributed by atoms with Gasteiger partial charge in [0.1, 0.15) is 11.6 Å². The van der Waals surface area contributed by atoms with Crippen LogP contribution in [-0.2, 0) is 9.59 Å². The summed E-state index contributed by atoms with van der Waals surface area (Å²) in [5.74, 6) is 2.57. The van der Waals surface area contributed by atoms with Gasteiger partial charge in [-0.05, 0) is 49.9 Å². The Morgan fingerprint density at radius 1 is 0.882 bits per heavy atom. The van der Waals surface area contributed by atoms with Gasteiger partial charge in [-0.15, -0.1) is 0 Å². The van der Waals surface area contributed by atoms with Crippen molar-refractivity contribution in [1.29, 1.82) is 0 Å². The van der Waals surface area contributed by atoms with Gasteiger partial charge in [0.2, 0.25) is 11.8 Å². The molecular weight excluding hydrogens is 428 g/mol. The number of H-pyrrole nitrogens is 1. The number of rotatable bonds is 6. The summed E-state index contributed by atoms with van der Waals surface area (Å²) in [5.41, 5.74) is 2.08. The number of piperidine rings is 2. The van der Waals surface area contributed by atoms with Crippen LogP contribution in [-0.4, -0.2) is 64.4 Å². The van der Waals surface area contributed by atoms with Crippen LogP contribution < -0.4 is 4.74 Å². The van der Waals surface area contributed by atoms with E-state index in [1.54, 1.807) is 0 Å². The van der Waals surface area contributed by atoms with Crippen LogP contribution in [0.2, 0.25) is 0 Å². The zero-order chi connectivity index (χ0) is 23.3. The van der Waals surface area contributed by atoms with Gasteiger partial charge in [-0.25, -0.2) is 4.98 Å². The second kappa shape index (κ2) is 10.3. The van der Waals surface area contributed by atoms with E-state index in [2.05, 4.69) is 11.1 Å². The highest BCUT2D eigenvalue weighted by molar-refractivity contribution is 5.80. The lowest BCUT2D eigenvalue weighted by molar-refractivity contribution is -0.141. The number of aromatic nitrogens is 2. The lowest BCUT2D eigenvalue weighted by atomic mass is 9.91. The van der Waals surface area contributed by atoms with Gasteiger partial charge in [0.25, 0.3) is 0 Å². The highest BCUT2D eigenvalue weighted by Crippen LogP contribution is 2.29. The Bertz CT molecular complexity index is 1080. The first-order valence-electron chi connectivity index (χ1n) is 12.4. The number of imidazole rings is 1. The van der Waals surface area contributed by atoms with Crippen molar-refractivity contribution in [2.24, 2.45) is 5.92 Å². The van der Waals surface area contributed by atoms with Gasteiger partial charge >= 0.3 is 0 Å². The maximum atomic E-state index is 13.1. The van der Waals surface area contributed by atoms with Crippen molar-refractivity contribution < 1.29 is 14.3 Å². The summed E-state index contributed by atoms with van der Waals surface area (Å²) in [6.07, 6.45) is 3.72. The van der Waals surface area contributed by atoms with Gasteiger partial charge in [-0.2, -0.15) is 0 Å². The third kappa shape index (κ3) is 5.08. The smallest absolute Gasteiger partial charge is 0.225 e. The average Bonchev–Trinajstić information content (AvgIpc) is 3.33.